The topological polar surface area (TPSA) is 73.3 Å². The fourth-order valence-corrected chi connectivity index (χ4v) is 6.54. The number of piperazine rings is 1. The molecule has 1 atom stereocenters. The zero-order chi connectivity index (χ0) is 27.5. The van der Waals surface area contributed by atoms with Gasteiger partial charge in [0.15, 0.2) is 0 Å². The molecular formula is C33H39N3O4. The first-order valence-electron chi connectivity index (χ1n) is 14.8. The fraction of sp³-hybridized carbons (Fsp3) is 0.455. The van der Waals surface area contributed by atoms with Crippen LogP contribution in [-0.2, 0) is 0 Å². The van der Waals surface area contributed by atoms with Gasteiger partial charge in [0.25, 0.3) is 11.8 Å². The van der Waals surface area contributed by atoms with Gasteiger partial charge in [0, 0.05) is 62.3 Å². The van der Waals surface area contributed by atoms with Gasteiger partial charge in [-0.3, -0.25) is 24.3 Å². The van der Waals surface area contributed by atoms with Crippen LogP contribution in [0.3, 0.4) is 0 Å². The van der Waals surface area contributed by atoms with Gasteiger partial charge < -0.3 is 9.84 Å². The number of aliphatic hydroxyl groups excluding tert-OH is 1. The minimum atomic E-state index is -0.559. The van der Waals surface area contributed by atoms with E-state index in [-0.39, 0.29) is 18.4 Å². The number of benzene rings is 3. The summed E-state index contributed by atoms with van der Waals surface area (Å²) in [4.78, 5) is 32.2. The molecule has 3 aliphatic rings. The van der Waals surface area contributed by atoms with Crippen molar-refractivity contribution in [2.45, 2.75) is 44.1 Å². The SMILES string of the molecule is O=C1c2cccc3cccc(c23)C(=O)N1CCN1CCN(C[C@@H](O)COc2ccc(C3CCCCC3)cc2)CC1. The average molecular weight is 542 g/mol. The lowest BCUT2D eigenvalue weighted by Gasteiger charge is -2.36. The molecule has 7 nitrogen and oxygen atoms in total. The second-order valence-corrected chi connectivity index (χ2v) is 11.5. The van der Waals surface area contributed by atoms with Crippen molar-refractivity contribution in [1.29, 1.82) is 0 Å². The monoisotopic (exact) mass is 541 g/mol. The lowest BCUT2D eigenvalue weighted by molar-refractivity contribution is 0.0416. The number of β-amino-alcohol motifs (C(OH)–C–C–N with tert-alkyl or cyclic N) is 1. The Morgan fingerprint density at radius 1 is 0.775 bits per heavy atom. The standard InChI is InChI=1S/C33H39N3O4/c37-27(23-40-28-14-12-25(13-15-28)24-6-2-1-3-7-24)22-35-18-16-34(17-19-35)20-21-36-32(38)29-10-4-8-26-9-5-11-30(31(26)29)33(36)39/h4-5,8-15,24,27,37H,1-3,6-7,16-23H2/t27-/m1/s1. The number of hydrogen-bond donors (Lipinski definition) is 1. The normalized spacial score (nSPS) is 19.8. The first-order valence-corrected chi connectivity index (χ1v) is 14.8. The molecule has 6 rings (SSSR count). The fourth-order valence-electron chi connectivity index (χ4n) is 6.54. The Kier molecular flexibility index (Phi) is 8.14. The van der Waals surface area contributed by atoms with Crippen LogP contribution in [0.2, 0.25) is 0 Å². The van der Waals surface area contributed by atoms with E-state index in [2.05, 4.69) is 21.9 Å². The van der Waals surface area contributed by atoms with E-state index in [1.807, 2.05) is 48.5 Å². The van der Waals surface area contributed by atoms with E-state index in [9.17, 15) is 14.7 Å². The van der Waals surface area contributed by atoms with E-state index >= 15 is 0 Å². The third kappa shape index (κ3) is 5.78. The molecule has 7 heteroatoms. The molecule has 3 aromatic rings. The quantitative estimate of drug-likeness (QED) is 0.401. The second kappa shape index (κ2) is 12.1. The maximum atomic E-state index is 13.2. The molecule has 0 unspecified atom stereocenters. The van der Waals surface area contributed by atoms with Crippen LogP contribution < -0.4 is 4.74 Å². The Morgan fingerprint density at radius 3 is 2.05 bits per heavy atom. The van der Waals surface area contributed by atoms with Gasteiger partial charge >= 0.3 is 0 Å². The minimum Gasteiger partial charge on any atom is -0.491 e. The lowest BCUT2D eigenvalue weighted by Crippen LogP contribution is -2.51. The molecule has 2 heterocycles. The highest BCUT2D eigenvalue weighted by molar-refractivity contribution is 6.25. The molecule has 2 amide bonds. The molecule has 40 heavy (non-hydrogen) atoms. The van der Waals surface area contributed by atoms with E-state index in [1.165, 1.54) is 42.6 Å². The van der Waals surface area contributed by atoms with Gasteiger partial charge in [0.2, 0.25) is 0 Å². The summed E-state index contributed by atoms with van der Waals surface area (Å²) in [6, 6.07) is 19.7. The molecule has 0 radical (unpaired) electrons. The molecule has 1 saturated carbocycles. The van der Waals surface area contributed by atoms with Crippen molar-refractivity contribution in [3.8, 4) is 5.75 Å². The van der Waals surface area contributed by atoms with Gasteiger partial charge in [-0.05, 0) is 54.0 Å². The van der Waals surface area contributed by atoms with E-state index in [0.717, 1.165) is 42.7 Å². The van der Waals surface area contributed by atoms with Crippen LogP contribution in [0.1, 0.15) is 64.3 Å². The van der Waals surface area contributed by atoms with Gasteiger partial charge in [-0.15, -0.1) is 0 Å². The number of nitrogens with zero attached hydrogens (tertiary/aromatic N) is 3. The maximum Gasteiger partial charge on any atom is 0.261 e. The number of hydrogen-bond acceptors (Lipinski definition) is 6. The molecule has 2 fully saturated rings. The predicted molar refractivity (Wildman–Crippen MR) is 156 cm³/mol. The number of imide groups is 1. The first-order chi connectivity index (χ1) is 19.6. The lowest BCUT2D eigenvalue weighted by atomic mass is 9.84. The number of carbonyl (C=O) groups excluding carboxylic acids is 2. The van der Waals surface area contributed by atoms with Crippen molar-refractivity contribution >= 4 is 22.6 Å². The predicted octanol–water partition coefficient (Wildman–Crippen LogP) is 4.54. The Labute approximate surface area is 236 Å². The van der Waals surface area contributed by atoms with Crippen LogP contribution in [0.15, 0.2) is 60.7 Å². The van der Waals surface area contributed by atoms with Gasteiger partial charge in [-0.1, -0.05) is 55.7 Å². The molecule has 1 N–H and O–H groups in total. The third-order valence-electron chi connectivity index (χ3n) is 8.83. The number of aliphatic hydroxyl groups is 1. The highest BCUT2D eigenvalue weighted by Crippen LogP contribution is 2.33. The summed E-state index contributed by atoms with van der Waals surface area (Å²) < 4.78 is 5.89. The number of amides is 2. The van der Waals surface area contributed by atoms with Crippen LogP contribution in [0.5, 0.6) is 5.75 Å². The molecule has 210 valence electrons. The van der Waals surface area contributed by atoms with Crippen molar-refractivity contribution in [1.82, 2.24) is 14.7 Å². The summed E-state index contributed by atoms with van der Waals surface area (Å²) in [5, 5.41) is 12.3. The summed E-state index contributed by atoms with van der Waals surface area (Å²) in [5.41, 5.74) is 2.62. The van der Waals surface area contributed by atoms with Gasteiger partial charge in [-0.2, -0.15) is 0 Å². The molecule has 1 aliphatic carbocycles. The second-order valence-electron chi connectivity index (χ2n) is 11.5. The maximum absolute atomic E-state index is 13.2. The summed E-state index contributed by atoms with van der Waals surface area (Å²) in [6.45, 7) is 5.18. The Morgan fingerprint density at radius 2 is 1.40 bits per heavy atom. The number of ether oxygens (including phenoxy) is 1. The Bertz CT molecular complexity index is 1290. The van der Waals surface area contributed by atoms with Gasteiger partial charge in [0.05, 0.1) is 0 Å². The highest BCUT2D eigenvalue weighted by Gasteiger charge is 2.33. The molecule has 0 aromatic heterocycles. The van der Waals surface area contributed by atoms with Crippen LogP contribution in [0.4, 0.5) is 0 Å². The van der Waals surface area contributed by atoms with Crippen molar-refractivity contribution < 1.29 is 19.4 Å². The molecule has 2 aliphatic heterocycles. The first kappa shape index (κ1) is 26.9. The van der Waals surface area contributed by atoms with Crippen LogP contribution in [0.25, 0.3) is 10.8 Å². The largest absolute Gasteiger partial charge is 0.491 e. The van der Waals surface area contributed by atoms with E-state index in [0.29, 0.717) is 36.7 Å². The Hall–Kier alpha value is -3.26. The van der Waals surface area contributed by atoms with Crippen molar-refractivity contribution in [3.05, 3.63) is 77.4 Å². The molecule has 3 aromatic carbocycles. The van der Waals surface area contributed by atoms with E-state index in [4.69, 9.17) is 4.74 Å². The Balaban J connectivity index is 0.936. The number of carbonyl (C=O) groups is 2. The molecular weight excluding hydrogens is 502 g/mol. The third-order valence-corrected chi connectivity index (χ3v) is 8.83. The summed E-state index contributed by atoms with van der Waals surface area (Å²) >= 11 is 0. The highest BCUT2D eigenvalue weighted by atomic mass is 16.5. The van der Waals surface area contributed by atoms with Crippen LogP contribution in [-0.4, -0.2) is 90.1 Å². The van der Waals surface area contributed by atoms with E-state index in [1.54, 1.807) is 0 Å². The molecule has 1 saturated heterocycles. The minimum absolute atomic E-state index is 0.209. The van der Waals surface area contributed by atoms with Crippen molar-refractivity contribution in [2.75, 3.05) is 52.4 Å². The van der Waals surface area contributed by atoms with Crippen LogP contribution in [0, 0.1) is 0 Å². The van der Waals surface area contributed by atoms with Gasteiger partial charge in [-0.25, -0.2) is 0 Å². The van der Waals surface area contributed by atoms with Crippen molar-refractivity contribution in [2.24, 2.45) is 0 Å². The van der Waals surface area contributed by atoms with Gasteiger partial charge in [0.1, 0.15) is 18.5 Å². The zero-order valence-corrected chi connectivity index (χ0v) is 23.1. The molecule has 0 spiro atoms. The average Bonchev–Trinajstić information content (AvgIpc) is 3.00. The summed E-state index contributed by atoms with van der Waals surface area (Å²) in [6.07, 6.45) is 6.02. The van der Waals surface area contributed by atoms with Crippen molar-refractivity contribution in [3.63, 3.8) is 0 Å². The number of rotatable bonds is 9. The summed E-state index contributed by atoms with van der Waals surface area (Å²) in [5.74, 6) is 1.07. The zero-order valence-electron chi connectivity index (χ0n) is 23.1. The summed E-state index contributed by atoms with van der Waals surface area (Å²) in [7, 11) is 0. The molecule has 0 bridgehead atoms. The van der Waals surface area contributed by atoms with Crippen LogP contribution >= 0.6 is 0 Å². The van der Waals surface area contributed by atoms with E-state index < -0.39 is 6.10 Å². The smallest absolute Gasteiger partial charge is 0.261 e.